The Morgan fingerprint density at radius 3 is 2.70 bits per heavy atom. The number of nitrogens with two attached hydrogens (primary N) is 1. The summed E-state index contributed by atoms with van der Waals surface area (Å²) in [6, 6.07) is 3.91. The number of hydrogen-bond acceptors (Lipinski definition) is 4. The van der Waals surface area contributed by atoms with Gasteiger partial charge in [-0.05, 0) is 30.5 Å². The van der Waals surface area contributed by atoms with Gasteiger partial charge in [0.25, 0.3) is 0 Å². The van der Waals surface area contributed by atoms with Crippen LogP contribution in [-0.2, 0) is 21.3 Å². The normalized spacial score (nSPS) is 15.8. The third kappa shape index (κ3) is 3.17. The highest BCUT2D eigenvalue weighted by Gasteiger charge is 2.38. The number of rotatable bonds is 7. The molecule has 2 rings (SSSR count). The van der Waals surface area contributed by atoms with E-state index in [1.807, 2.05) is 0 Å². The molecule has 0 atom stereocenters. The highest BCUT2D eigenvalue weighted by molar-refractivity contribution is 7.89. The molecule has 0 aliphatic heterocycles. The fourth-order valence-corrected chi connectivity index (χ4v) is 3.83. The Hall–Kier alpha value is -1.02. The molecule has 1 aliphatic carbocycles. The summed E-state index contributed by atoms with van der Waals surface area (Å²) < 4.78 is 45.4. The first-order valence-corrected chi connectivity index (χ1v) is 7.94. The minimum Gasteiger partial charge on any atom is -0.383 e. The average Bonchev–Trinajstić information content (AvgIpc) is 3.24. The van der Waals surface area contributed by atoms with Crippen LogP contribution in [0.3, 0.4) is 0 Å². The Labute approximate surface area is 118 Å². The largest absolute Gasteiger partial charge is 0.383 e. The van der Waals surface area contributed by atoms with Gasteiger partial charge in [-0.2, -0.15) is 4.31 Å². The van der Waals surface area contributed by atoms with Crippen molar-refractivity contribution in [2.75, 3.05) is 20.3 Å². The number of halogens is 1. The van der Waals surface area contributed by atoms with Crippen LogP contribution >= 0.6 is 0 Å². The summed E-state index contributed by atoms with van der Waals surface area (Å²) in [6.45, 7) is 0.689. The molecule has 7 heteroatoms. The molecule has 0 unspecified atom stereocenters. The van der Waals surface area contributed by atoms with Gasteiger partial charge in [-0.15, -0.1) is 0 Å². The van der Waals surface area contributed by atoms with E-state index >= 15 is 0 Å². The zero-order valence-corrected chi connectivity index (χ0v) is 12.2. The Morgan fingerprint density at radius 2 is 2.15 bits per heavy atom. The maximum Gasteiger partial charge on any atom is 0.246 e. The summed E-state index contributed by atoms with van der Waals surface area (Å²) in [4.78, 5) is -0.302. The molecule has 20 heavy (non-hydrogen) atoms. The topological polar surface area (TPSA) is 72.6 Å². The zero-order valence-electron chi connectivity index (χ0n) is 11.4. The lowest BCUT2D eigenvalue weighted by molar-refractivity contribution is 0.177. The standard InChI is InChI=1S/C13H19FN2O3S/c1-19-7-6-16(11-3-4-11)20(17,18)13-8-10(9-15)2-5-12(13)14/h2,5,8,11H,3-4,6-7,9,15H2,1H3. The van der Waals surface area contributed by atoms with Crippen molar-refractivity contribution in [3.8, 4) is 0 Å². The number of nitrogens with zero attached hydrogens (tertiary/aromatic N) is 1. The molecule has 1 fully saturated rings. The van der Waals surface area contributed by atoms with Crippen LogP contribution in [0.25, 0.3) is 0 Å². The molecule has 1 aliphatic rings. The van der Waals surface area contributed by atoms with Crippen molar-refractivity contribution in [1.29, 1.82) is 0 Å². The summed E-state index contributed by atoms with van der Waals surface area (Å²) >= 11 is 0. The third-order valence-corrected chi connectivity index (χ3v) is 5.25. The lowest BCUT2D eigenvalue weighted by Crippen LogP contribution is -2.36. The van der Waals surface area contributed by atoms with Gasteiger partial charge in [0, 0.05) is 26.2 Å². The quantitative estimate of drug-likeness (QED) is 0.818. The van der Waals surface area contributed by atoms with E-state index in [1.54, 1.807) is 0 Å². The van der Waals surface area contributed by atoms with E-state index < -0.39 is 15.8 Å². The van der Waals surface area contributed by atoms with Crippen LogP contribution < -0.4 is 5.73 Å². The van der Waals surface area contributed by atoms with Crippen LogP contribution in [0.15, 0.2) is 23.1 Å². The average molecular weight is 302 g/mol. The first-order chi connectivity index (χ1) is 9.50. The number of ether oxygens (including phenoxy) is 1. The maximum atomic E-state index is 13.9. The van der Waals surface area contributed by atoms with Crippen LogP contribution in [-0.4, -0.2) is 39.0 Å². The van der Waals surface area contributed by atoms with Crippen LogP contribution in [0.1, 0.15) is 18.4 Å². The molecule has 0 bridgehead atoms. The number of hydrogen-bond donors (Lipinski definition) is 1. The van der Waals surface area contributed by atoms with E-state index in [-0.39, 0.29) is 30.6 Å². The zero-order chi connectivity index (χ0) is 14.8. The van der Waals surface area contributed by atoms with Crippen molar-refractivity contribution in [2.24, 2.45) is 5.73 Å². The fraction of sp³-hybridized carbons (Fsp3) is 0.538. The van der Waals surface area contributed by atoms with E-state index in [0.29, 0.717) is 5.56 Å². The lowest BCUT2D eigenvalue weighted by atomic mass is 10.2. The van der Waals surface area contributed by atoms with Gasteiger partial charge in [-0.1, -0.05) is 6.07 Å². The van der Waals surface area contributed by atoms with Crippen LogP contribution in [0.5, 0.6) is 0 Å². The molecule has 0 spiro atoms. The van der Waals surface area contributed by atoms with Gasteiger partial charge in [-0.25, -0.2) is 12.8 Å². The van der Waals surface area contributed by atoms with Gasteiger partial charge in [-0.3, -0.25) is 0 Å². The predicted octanol–water partition coefficient (Wildman–Crippen LogP) is 1.08. The van der Waals surface area contributed by atoms with Gasteiger partial charge in [0.05, 0.1) is 6.61 Å². The first kappa shape index (κ1) is 15.4. The summed E-state index contributed by atoms with van der Waals surface area (Å²) in [5, 5.41) is 0. The van der Waals surface area contributed by atoms with Crippen molar-refractivity contribution in [2.45, 2.75) is 30.3 Å². The van der Waals surface area contributed by atoms with E-state index in [1.165, 1.54) is 23.5 Å². The van der Waals surface area contributed by atoms with Gasteiger partial charge < -0.3 is 10.5 Å². The molecule has 1 aromatic carbocycles. The monoisotopic (exact) mass is 302 g/mol. The maximum absolute atomic E-state index is 13.9. The van der Waals surface area contributed by atoms with Crippen LogP contribution in [0.4, 0.5) is 4.39 Å². The van der Waals surface area contributed by atoms with Crippen molar-refractivity contribution in [1.82, 2.24) is 4.31 Å². The van der Waals surface area contributed by atoms with E-state index in [0.717, 1.165) is 18.9 Å². The molecule has 0 heterocycles. The lowest BCUT2D eigenvalue weighted by Gasteiger charge is -2.22. The van der Waals surface area contributed by atoms with Gasteiger partial charge in [0.15, 0.2) is 0 Å². The highest BCUT2D eigenvalue weighted by Crippen LogP contribution is 2.32. The Morgan fingerprint density at radius 1 is 1.45 bits per heavy atom. The summed E-state index contributed by atoms with van der Waals surface area (Å²) in [7, 11) is -2.34. The minimum atomic E-state index is -3.85. The molecular formula is C13H19FN2O3S. The van der Waals surface area contributed by atoms with Gasteiger partial charge in [0.1, 0.15) is 10.7 Å². The molecule has 2 N–H and O–H groups in total. The molecule has 0 radical (unpaired) electrons. The van der Waals surface area contributed by atoms with Crippen molar-refractivity contribution < 1.29 is 17.5 Å². The number of sulfonamides is 1. The molecule has 0 amide bonds. The Balaban J connectivity index is 2.36. The molecule has 1 aromatic rings. The van der Waals surface area contributed by atoms with Crippen LogP contribution in [0, 0.1) is 5.82 Å². The summed E-state index contributed by atoms with van der Waals surface area (Å²) in [5.74, 6) is -0.745. The Kier molecular flexibility index (Phi) is 4.74. The van der Waals surface area contributed by atoms with Gasteiger partial charge in [0.2, 0.25) is 10.0 Å². The number of methoxy groups -OCH3 is 1. The first-order valence-electron chi connectivity index (χ1n) is 6.50. The molecule has 5 nitrogen and oxygen atoms in total. The van der Waals surface area contributed by atoms with E-state index in [2.05, 4.69) is 0 Å². The smallest absolute Gasteiger partial charge is 0.246 e. The van der Waals surface area contributed by atoms with E-state index in [4.69, 9.17) is 10.5 Å². The molecule has 0 aromatic heterocycles. The molecule has 112 valence electrons. The van der Waals surface area contributed by atoms with Crippen LogP contribution in [0.2, 0.25) is 0 Å². The second kappa shape index (κ2) is 6.17. The fourth-order valence-electron chi connectivity index (χ4n) is 2.04. The second-order valence-electron chi connectivity index (χ2n) is 4.81. The number of benzene rings is 1. The van der Waals surface area contributed by atoms with Crippen molar-refractivity contribution >= 4 is 10.0 Å². The van der Waals surface area contributed by atoms with Crippen molar-refractivity contribution in [3.05, 3.63) is 29.6 Å². The summed E-state index contributed by atoms with van der Waals surface area (Å²) in [5.41, 5.74) is 6.08. The molecule has 1 saturated carbocycles. The van der Waals surface area contributed by atoms with Gasteiger partial charge >= 0.3 is 0 Å². The van der Waals surface area contributed by atoms with E-state index in [9.17, 15) is 12.8 Å². The molecular weight excluding hydrogens is 283 g/mol. The predicted molar refractivity (Wildman–Crippen MR) is 73.1 cm³/mol. The van der Waals surface area contributed by atoms with Crippen molar-refractivity contribution in [3.63, 3.8) is 0 Å². The summed E-state index contributed by atoms with van der Waals surface area (Å²) in [6.07, 6.45) is 1.61. The molecule has 0 saturated heterocycles. The minimum absolute atomic E-state index is 0.0453. The third-order valence-electron chi connectivity index (χ3n) is 3.29. The Bertz CT molecular complexity index is 573. The SMILES string of the molecule is COCCN(C1CC1)S(=O)(=O)c1cc(CN)ccc1F. The second-order valence-corrected chi connectivity index (χ2v) is 6.67. The highest BCUT2D eigenvalue weighted by atomic mass is 32.2.